The van der Waals surface area contributed by atoms with Crippen molar-refractivity contribution in [2.24, 2.45) is 0 Å². The van der Waals surface area contributed by atoms with Gasteiger partial charge in [-0.2, -0.15) is 0 Å². The Balaban J connectivity index is 2.03. The molecule has 0 bridgehead atoms. The lowest BCUT2D eigenvalue weighted by molar-refractivity contribution is 0.103. The molecule has 2 N–H and O–H groups in total. The number of thiophene rings is 1. The Hall–Kier alpha value is -2.47. The first-order valence-electron chi connectivity index (χ1n) is 7.25. The fourth-order valence-electron chi connectivity index (χ4n) is 2.60. The monoisotopic (exact) mass is 327 g/mol. The summed E-state index contributed by atoms with van der Waals surface area (Å²) in [7, 11) is 0. The van der Waals surface area contributed by atoms with Gasteiger partial charge in [0.2, 0.25) is 0 Å². The molecule has 0 fully saturated rings. The number of carbonyl (C=O) groups is 1. The normalized spacial score (nSPS) is 11.0. The molecule has 6 heteroatoms. The predicted octanol–water partition coefficient (Wildman–Crippen LogP) is 3.47. The number of aromatic amines is 1. The fourth-order valence-corrected chi connectivity index (χ4v) is 3.72. The van der Waals surface area contributed by atoms with Gasteiger partial charge >= 0.3 is 0 Å². The Bertz CT molecular complexity index is 985. The van der Waals surface area contributed by atoms with E-state index in [1.807, 2.05) is 32.0 Å². The van der Waals surface area contributed by atoms with Crippen molar-refractivity contribution in [2.45, 2.75) is 27.7 Å². The summed E-state index contributed by atoms with van der Waals surface area (Å²) in [4.78, 5) is 32.8. The lowest BCUT2D eigenvalue weighted by atomic mass is 10.1. The number of benzene rings is 1. The Morgan fingerprint density at radius 2 is 1.96 bits per heavy atom. The molecular weight excluding hydrogens is 310 g/mol. The summed E-state index contributed by atoms with van der Waals surface area (Å²) in [5.41, 5.74) is 3.39. The number of hydrogen-bond acceptors (Lipinski definition) is 4. The summed E-state index contributed by atoms with van der Waals surface area (Å²) in [6.45, 7) is 7.47. The first-order chi connectivity index (χ1) is 10.9. The molecule has 0 atom stereocenters. The summed E-state index contributed by atoms with van der Waals surface area (Å²) in [5.74, 6) is 0.333. The van der Waals surface area contributed by atoms with Crippen molar-refractivity contribution < 1.29 is 4.79 Å². The van der Waals surface area contributed by atoms with Gasteiger partial charge in [-0.05, 0) is 44.9 Å². The molecule has 1 amide bonds. The number of rotatable bonds is 2. The van der Waals surface area contributed by atoms with Crippen LogP contribution in [0, 0.1) is 27.7 Å². The molecule has 0 spiro atoms. The van der Waals surface area contributed by atoms with Crippen molar-refractivity contribution in [1.29, 1.82) is 0 Å². The summed E-state index contributed by atoms with van der Waals surface area (Å²) >= 11 is 1.25. The van der Waals surface area contributed by atoms with Crippen molar-refractivity contribution in [3.8, 4) is 0 Å². The second kappa shape index (κ2) is 5.62. The molecule has 2 aromatic heterocycles. The molecule has 3 rings (SSSR count). The van der Waals surface area contributed by atoms with E-state index < -0.39 is 0 Å². The maximum absolute atomic E-state index is 12.6. The minimum absolute atomic E-state index is 0.202. The second-order valence-corrected chi connectivity index (χ2v) is 6.66. The van der Waals surface area contributed by atoms with Crippen molar-refractivity contribution in [3.63, 3.8) is 0 Å². The van der Waals surface area contributed by atoms with Crippen LogP contribution in [-0.2, 0) is 0 Å². The molecule has 0 aliphatic heterocycles. The van der Waals surface area contributed by atoms with Gasteiger partial charge in [-0.3, -0.25) is 9.59 Å². The van der Waals surface area contributed by atoms with Gasteiger partial charge in [0, 0.05) is 5.69 Å². The van der Waals surface area contributed by atoms with Crippen molar-refractivity contribution >= 4 is 33.1 Å². The molecule has 5 nitrogen and oxygen atoms in total. The summed E-state index contributed by atoms with van der Waals surface area (Å²) < 4.78 is 0. The standard InChI is InChI=1S/C17H17N3O2S/c1-8-5-6-12(9(2)7-8)20-16(22)14-10(3)13-15(21)18-11(4)19-17(13)23-14/h5-7H,1-4H3,(H,20,22)(H,18,19,21). The lowest BCUT2D eigenvalue weighted by Gasteiger charge is -2.08. The highest BCUT2D eigenvalue weighted by Crippen LogP contribution is 2.28. The van der Waals surface area contributed by atoms with Gasteiger partial charge in [-0.15, -0.1) is 11.3 Å². The molecule has 0 aliphatic rings. The minimum Gasteiger partial charge on any atom is -0.321 e. The molecule has 0 saturated heterocycles. The van der Waals surface area contributed by atoms with E-state index in [0.717, 1.165) is 16.8 Å². The molecule has 118 valence electrons. The average Bonchev–Trinajstić information content (AvgIpc) is 2.79. The van der Waals surface area contributed by atoms with Crippen LogP contribution >= 0.6 is 11.3 Å². The number of aryl methyl sites for hydroxylation is 4. The number of amides is 1. The van der Waals surface area contributed by atoms with Gasteiger partial charge in [-0.1, -0.05) is 17.7 Å². The number of anilines is 1. The zero-order valence-corrected chi connectivity index (χ0v) is 14.2. The van der Waals surface area contributed by atoms with Crippen molar-refractivity contribution in [2.75, 3.05) is 5.32 Å². The van der Waals surface area contributed by atoms with E-state index in [4.69, 9.17) is 0 Å². The Labute approximate surface area is 137 Å². The van der Waals surface area contributed by atoms with Gasteiger partial charge in [0.15, 0.2) is 0 Å². The van der Waals surface area contributed by atoms with Crippen LogP contribution in [0.2, 0.25) is 0 Å². The van der Waals surface area contributed by atoms with E-state index in [0.29, 0.717) is 26.5 Å². The van der Waals surface area contributed by atoms with E-state index in [1.165, 1.54) is 11.3 Å². The number of fused-ring (bicyclic) bond motifs is 1. The van der Waals surface area contributed by atoms with Gasteiger partial charge in [0.1, 0.15) is 10.7 Å². The third-order valence-electron chi connectivity index (χ3n) is 3.76. The first kappa shape index (κ1) is 15.4. The Morgan fingerprint density at radius 3 is 2.65 bits per heavy atom. The van der Waals surface area contributed by atoms with Crippen LogP contribution in [0.3, 0.4) is 0 Å². The SMILES string of the molecule is Cc1ccc(NC(=O)c2sc3nc(C)[nH]c(=O)c3c2C)c(C)c1. The lowest BCUT2D eigenvalue weighted by Crippen LogP contribution is -2.13. The molecule has 1 aromatic carbocycles. The third-order valence-corrected chi connectivity index (χ3v) is 4.94. The molecule has 0 unspecified atom stereocenters. The van der Waals surface area contributed by atoms with Gasteiger partial charge in [-0.25, -0.2) is 4.98 Å². The van der Waals surface area contributed by atoms with Crippen molar-refractivity contribution in [3.05, 3.63) is 55.9 Å². The molecular formula is C17H17N3O2S. The van der Waals surface area contributed by atoms with Gasteiger partial charge in [0.25, 0.3) is 11.5 Å². The molecule has 3 aromatic rings. The second-order valence-electron chi connectivity index (χ2n) is 5.66. The van der Waals surface area contributed by atoms with Crippen LogP contribution < -0.4 is 10.9 Å². The zero-order valence-electron chi connectivity index (χ0n) is 13.4. The zero-order chi connectivity index (χ0) is 16.7. The molecule has 0 saturated carbocycles. The summed E-state index contributed by atoms with van der Waals surface area (Å²) in [5, 5.41) is 3.41. The summed E-state index contributed by atoms with van der Waals surface area (Å²) in [6.07, 6.45) is 0. The quantitative estimate of drug-likeness (QED) is 0.757. The van der Waals surface area contributed by atoms with Crippen LogP contribution in [0.15, 0.2) is 23.0 Å². The number of hydrogen-bond donors (Lipinski definition) is 2. The molecule has 23 heavy (non-hydrogen) atoms. The first-order valence-corrected chi connectivity index (χ1v) is 8.07. The number of aromatic nitrogens is 2. The van der Waals surface area contributed by atoms with Crippen molar-refractivity contribution in [1.82, 2.24) is 9.97 Å². The number of nitrogens with one attached hydrogen (secondary N) is 2. The predicted molar refractivity (Wildman–Crippen MR) is 93.6 cm³/mol. The molecule has 0 radical (unpaired) electrons. The highest BCUT2D eigenvalue weighted by Gasteiger charge is 2.19. The van der Waals surface area contributed by atoms with Gasteiger partial charge < -0.3 is 10.3 Å². The third kappa shape index (κ3) is 2.77. The van der Waals surface area contributed by atoms with Crippen LogP contribution in [0.4, 0.5) is 5.69 Å². The van der Waals surface area contributed by atoms with E-state index in [9.17, 15) is 9.59 Å². The minimum atomic E-state index is -0.213. The Morgan fingerprint density at radius 1 is 1.22 bits per heavy atom. The molecule has 0 aliphatic carbocycles. The maximum Gasteiger partial charge on any atom is 0.266 e. The topological polar surface area (TPSA) is 74.8 Å². The average molecular weight is 327 g/mol. The highest BCUT2D eigenvalue weighted by molar-refractivity contribution is 7.20. The molecule has 2 heterocycles. The maximum atomic E-state index is 12.6. The van der Waals surface area contributed by atoms with Crippen LogP contribution in [0.5, 0.6) is 0 Å². The Kier molecular flexibility index (Phi) is 3.77. The largest absolute Gasteiger partial charge is 0.321 e. The van der Waals surface area contributed by atoms with E-state index >= 15 is 0 Å². The van der Waals surface area contributed by atoms with Crippen LogP contribution in [-0.4, -0.2) is 15.9 Å². The fraction of sp³-hybridized carbons (Fsp3) is 0.235. The smallest absolute Gasteiger partial charge is 0.266 e. The number of nitrogens with zero attached hydrogens (tertiary/aromatic N) is 1. The van der Waals surface area contributed by atoms with E-state index in [1.54, 1.807) is 13.8 Å². The van der Waals surface area contributed by atoms with Gasteiger partial charge in [0.05, 0.1) is 10.3 Å². The number of carbonyl (C=O) groups excluding carboxylic acids is 1. The number of H-pyrrole nitrogens is 1. The highest BCUT2D eigenvalue weighted by atomic mass is 32.1. The van der Waals surface area contributed by atoms with Crippen LogP contribution in [0.1, 0.15) is 32.2 Å². The van der Waals surface area contributed by atoms with E-state index in [2.05, 4.69) is 15.3 Å². The van der Waals surface area contributed by atoms with Crippen LogP contribution in [0.25, 0.3) is 10.2 Å². The summed E-state index contributed by atoms with van der Waals surface area (Å²) in [6, 6.07) is 5.86. The van der Waals surface area contributed by atoms with E-state index in [-0.39, 0.29) is 11.5 Å².